The molecule has 3 rings (SSSR count). The lowest BCUT2D eigenvalue weighted by molar-refractivity contribution is -0.117. The predicted molar refractivity (Wildman–Crippen MR) is 97.5 cm³/mol. The molecule has 7 nitrogen and oxygen atoms in total. The summed E-state index contributed by atoms with van der Waals surface area (Å²) in [7, 11) is -2.96. The quantitative estimate of drug-likeness (QED) is 0.874. The number of amides is 1. The lowest BCUT2D eigenvalue weighted by Crippen LogP contribution is -2.34. The summed E-state index contributed by atoms with van der Waals surface area (Å²) in [5.41, 5.74) is 2.30. The molecule has 1 atom stereocenters. The number of aryl methyl sites for hydroxylation is 1. The molecule has 2 saturated heterocycles. The molecule has 3 heterocycles. The minimum atomic E-state index is -2.96. The Labute approximate surface area is 149 Å². The lowest BCUT2D eigenvalue weighted by atomic mass is 10.2. The molecule has 1 aromatic heterocycles. The van der Waals surface area contributed by atoms with Crippen molar-refractivity contribution in [2.75, 3.05) is 36.5 Å². The number of hydrogen-bond acceptors (Lipinski definition) is 5. The maximum Gasteiger partial charge on any atom is 0.238 e. The molecule has 1 aromatic rings. The van der Waals surface area contributed by atoms with Crippen molar-refractivity contribution in [1.29, 1.82) is 0 Å². The predicted octanol–water partition coefficient (Wildman–Crippen LogP) is 1.67. The standard InChI is InChI=1S/C17H28N4O3S/c1-13-17(18-16(22)11-20-8-5-3-4-6-9-20)14(2)21(19-13)15-7-10-25(23,24)12-15/h15H,3-12H2,1-2H3,(H,18,22). The second-order valence-corrected chi connectivity index (χ2v) is 9.51. The number of sulfone groups is 1. The van der Waals surface area contributed by atoms with Gasteiger partial charge in [-0.3, -0.25) is 14.4 Å². The molecule has 2 aliphatic heterocycles. The fraction of sp³-hybridized carbons (Fsp3) is 0.765. The Kier molecular flexibility index (Phi) is 5.48. The van der Waals surface area contributed by atoms with Gasteiger partial charge in [0.25, 0.3) is 0 Å². The zero-order valence-corrected chi connectivity index (χ0v) is 15.9. The first-order chi connectivity index (χ1) is 11.9. The Morgan fingerprint density at radius 3 is 2.48 bits per heavy atom. The Morgan fingerprint density at radius 1 is 1.20 bits per heavy atom. The number of anilines is 1. The Balaban J connectivity index is 1.67. The topological polar surface area (TPSA) is 84.3 Å². The average Bonchev–Trinajstić information content (AvgIpc) is 2.90. The van der Waals surface area contributed by atoms with E-state index in [-0.39, 0.29) is 23.5 Å². The molecule has 0 aromatic carbocycles. The van der Waals surface area contributed by atoms with Crippen molar-refractivity contribution >= 4 is 21.4 Å². The Bertz CT molecular complexity index is 733. The molecule has 2 aliphatic rings. The van der Waals surface area contributed by atoms with Crippen LogP contribution in [0.3, 0.4) is 0 Å². The Morgan fingerprint density at radius 2 is 1.88 bits per heavy atom. The van der Waals surface area contributed by atoms with Crippen molar-refractivity contribution in [3.63, 3.8) is 0 Å². The van der Waals surface area contributed by atoms with Gasteiger partial charge in [-0.1, -0.05) is 12.8 Å². The normalized spacial score (nSPS) is 24.2. The number of nitrogens with one attached hydrogen (secondary N) is 1. The molecule has 2 fully saturated rings. The van der Waals surface area contributed by atoms with Crippen molar-refractivity contribution in [3.8, 4) is 0 Å². The first-order valence-corrected chi connectivity index (χ1v) is 11.0. The van der Waals surface area contributed by atoms with Crippen LogP contribution in [0.2, 0.25) is 0 Å². The van der Waals surface area contributed by atoms with Gasteiger partial charge in [0.05, 0.1) is 41.2 Å². The van der Waals surface area contributed by atoms with Crippen LogP contribution < -0.4 is 5.32 Å². The first kappa shape index (κ1) is 18.4. The molecule has 140 valence electrons. The van der Waals surface area contributed by atoms with E-state index in [0.717, 1.165) is 43.0 Å². The molecule has 0 saturated carbocycles. The van der Waals surface area contributed by atoms with Crippen LogP contribution in [0.4, 0.5) is 5.69 Å². The van der Waals surface area contributed by atoms with Crippen LogP contribution in [0.25, 0.3) is 0 Å². The summed E-state index contributed by atoms with van der Waals surface area (Å²) >= 11 is 0. The third kappa shape index (κ3) is 4.41. The van der Waals surface area contributed by atoms with Gasteiger partial charge in [-0.25, -0.2) is 8.42 Å². The third-order valence-electron chi connectivity index (χ3n) is 5.21. The highest BCUT2D eigenvalue weighted by molar-refractivity contribution is 7.91. The smallest absolute Gasteiger partial charge is 0.238 e. The fourth-order valence-corrected chi connectivity index (χ4v) is 5.54. The van der Waals surface area contributed by atoms with E-state index in [0.29, 0.717) is 13.0 Å². The third-order valence-corrected chi connectivity index (χ3v) is 6.96. The van der Waals surface area contributed by atoms with Gasteiger partial charge < -0.3 is 5.32 Å². The number of likely N-dealkylation sites (tertiary alicyclic amines) is 1. The summed E-state index contributed by atoms with van der Waals surface area (Å²) in [6.45, 7) is 6.11. The minimum Gasteiger partial charge on any atom is -0.322 e. The fourth-order valence-electron chi connectivity index (χ4n) is 3.84. The van der Waals surface area contributed by atoms with Gasteiger partial charge >= 0.3 is 0 Å². The lowest BCUT2D eigenvalue weighted by Gasteiger charge is -2.19. The number of nitrogens with zero attached hydrogens (tertiary/aromatic N) is 3. The molecule has 8 heteroatoms. The largest absolute Gasteiger partial charge is 0.322 e. The van der Waals surface area contributed by atoms with Crippen LogP contribution in [0.5, 0.6) is 0 Å². The van der Waals surface area contributed by atoms with Crippen LogP contribution in [0, 0.1) is 13.8 Å². The first-order valence-electron chi connectivity index (χ1n) is 9.14. The summed E-state index contributed by atoms with van der Waals surface area (Å²) in [5.74, 6) is 0.328. The van der Waals surface area contributed by atoms with E-state index in [9.17, 15) is 13.2 Å². The molecule has 1 unspecified atom stereocenters. The highest BCUT2D eigenvalue weighted by atomic mass is 32.2. The van der Waals surface area contributed by atoms with Crippen LogP contribution in [0.1, 0.15) is 49.5 Å². The molecule has 0 aliphatic carbocycles. The van der Waals surface area contributed by atoms with Gasteiger partial charge in [-0.05, 0) is 46.2 Å². The minimum absolute atomic E-state index is 0.0216. The monoisotopic (exact) mass is 368 g/mol. The van der Waals surface area contributed by atoms with Gasteiger partial charge in [0.2, 0.25) is 5.91 Å². The van der Waals surface area contributed by atoms with Gasteiger partial charge in [-0.2, -0.15) is 5.10 Å². The molecular weight excluding hydrogens is 340 g/mol. The second kappa shape index (κ2) is 7.45. The van der Waals surface area contributed by atoms with Gasteiger partial charge in [0, 0.05) is 0 Å². The van der Waals surface area contributed by atoms with E-state index in [4.69, 9.17) is 0 Å². The van der Waals surface area contributed by atoms with Crippen LogP contribution >= 0.6 is 0 Å². The van der Waals surface area contributed by atoms with Crippen molar-refractivity contribution in [3.05, 3.63) is 11.4 Å². The van der Waals surface area contributed by atoms with Crippen LogP contribution in [0.15, 0.2) is 0 Å². The molecule has 1 N–H and O–H groups in total. The SMILES string of the molecule is Cc1nn(C2CCS(=O)(=O)C2)c(C)c1NC(=O)CN1CCCCCC1. The maximum absolute atomic E-state index is 12.4. The number of carbonyl (C=O) groups is 1. The van der Waals surface area contributed by atoms with Crippen molar-refractivity contribution in [2.45, 2.75) is 52.0 Å². The maximum atomic E-state index is 12.4. The summed E-state index contributed by atoms with van der Waals surface area (Å²) in [5, 5.41) is 7.49. The number of rotatable bonds is 4. The van der Waals surface area contributed by atoms with Gasteiger partial charge in [0.1, 0.15) is 0 Å². The molecule has 25 heavy (non-hydrogen) atoms. The van der Waals surface area contributed by atoms with Crippen LogP contribution in [-0.2, 0) is 14.6 Å². The number of carbonyl (C=O) groups excluding carboxylic acids is 1. The van der Waals surface area contributed by atoms with E-state index in [1.54, 1.807) is 4.68 Å². The highest BCUT2D eigenvalue weighted by Gasteiger charge is 2.31. The van der Waals surface area contributed by atoms with Crippen LogP contribution in [-0.4, -0.2) is 60.1 Å². The number of hydrogen-bond donors (Lipinski definition) is 1. The Hall–Kier alpha value is -1.41. The van der Waals surface area contributed by atoms with E-state index in [1.165, 1.54) is 12.8 Å². The molecule has 0 radical (unpaired) electrons. The van der Waals surface area contributed by atoms with Crippen molar-refractivity contribution in [1.82, 2.24) is 14.7 Å². The van der Waals surface area contributed by atoms with E-state index >= 15 is 0 Å². The molecule has 0 spiro atoms. The van der Waals surface area contributed by atoms with E-state index < -0.39 is 9.84 Å². The summed E-state index contributed by atoms with van der Waals surface area (Å²) in [6.07, 6.45) is 5.38. The van der Waals surface area contributed by atoms with Gasteiger partial charge in [-0.15, -0.1) is 0 Å². The summed E-state index contributed by atoms with van der Waals surface area (Å²) in [4.78, 5) is 14.7. The highest BCUT2D eigenvalue weighted by Crippen LogP contribution is 2.29. The zero-order valence-electron chi connectivity index (χ0n) is 15.1. The molecular formula is C17H28N4O3S. The summed E-state index contributed by atoms with van der Waals surface area (Å²) in [6, 6.07) is -0.125. The average molecular weight is 369 g/mol. The number of aromatic nitrogens is 2. The second-order valence-electron chi connectivity index (χ2n) is 7.29. The van der Waals surface area contributed by atoms with Gasteiger partial charge in [0.15, 0.2) is 9.84 Å². The van der Waals surface area contributed by atoms with Crippen molar-refractivity contribution in [2.24, 2.45) is 0 Å². The molecule has 0 bridgehead atoms. The molecule has 1 amide bonds. The summed E-state index contributed by atoms with van der Waals surface area (Å²) < 4.78 is 25.2. The van der Waals surface area contributed by atoms with E-state index in [2.05, 4.69) is 15.3 Å². The van der Waals surface area contributed by atoms with E-state index in [1.807, 2.05) is 13.8 Å². The van der Waals surface area contributed by atoms with Crippen molar-refractivity contribution < 1.29 is 13.2 Å². The zero-order chi connectivity index (χ0) is 18.0.